The van der Waals surface area contributed by atoms with E-state index >= 15 is 0 Å². The smallest absolute Gasteiger partial charge is 0.330 e. The van der Waals surface area contributed by atoms with Crippen LogP contribution >= 0.6 is 0 Å². The third kappa shape index (κ3) is 3.61. The highest BCUT2D eigenvalue weighted by atomic mass is 16.5. The van der Waals surface area contributed by atoms with E-state index in [-0.39, 0.29) is 12.5 Å². The molecule has 0 bridgehead atoms. The molecule has 0 saturated heterocycles. The first-order valence-electron chi connectivity index (χ1n) is 9.12. The van der Waals surface area contributed by atoms with Crippen molar-refractivity contribution in [3.05, 3.63) is 79.9 Å². The largest absolute Gasteiger partial charge is 0.495 e. The summed E-state index contributed by atoms with van der Waals surface area (Å²) in [7, 11) is 4.59. The molecule has 2 aromatic heterocycles. The number of rotatable bonds is 5. The van der Waals surface area contributed by atoms with Gasteiger partial charge in [0.25, 0.3) is 11.5 Å². The number of carbonyl (C=O) groups excluding carboxylic acids is 1. The number of para-hydroxylation sites is 2. The molecule has 1 N–H and O–H groups in total. The third-order valence-corrected chi connectivity index (χ3v) is 5.06. The molecule has 0 aliphatic heterocycles. The predicted octanol–water partition coefficient (Wildman–Crippen LogP) is 1.43. The van der Waals surface area contributed by atoms with E-state index in [0.717, 1.165) is 21.6 Å². The van der Waals surface area contributed by atoms with E-state index in [1.165, 1.54) is 17.7 Å². The summed E-state index contributed by atoms with van der Waals surface area (Å²) in [6, 6.07) is 10.7. The zero-order chi connectivity index (χ0) is 21.3. The summed E-state index contributed by atoms with van der Waals surface area (Å²) in [5.41, 5.74) is 2.61. The van der Waals surface area contributed by atoms with Crippen molar-refractivity contribution < 1.29 is 9.53 Å². The lowest BCUT2D eigenvalue weighted by Gasteiger charge is -2.14. The first-order valence-corrected chi connectivity index (χ1v) is 9.12. The van der Waals surface area contributed by atoms with Crippen LogP contribution in [0.3, 0.4) is 0 Å². The van der Waals surface area contributed by atoms with Gasteiger partial charge >= 0.3 is 5.69 Å². The average Bonchev–Trinajstić information content (AvgIpc) is 3.01. The van der Waals surface area contributed by atoms with Crippen molar-refractivity contribution >= 4 is 5.91 Å². The van der Waals surface area contributed by atoms with Crippen molar-refractivity contribution in [3.63, 3.8) is 0 Å². The van der Waals surface area contributed by atoms with Gasteiger partial charge in [0.1, 0.15) is 5.75 Å². The molecule has 3 rings (SSSR count). The molecule has 29 heavy (non-hydrogen) atoms. The number of aryl methyl sites for hydroxylation is 1. The Morgan fingerprint density at radius 3 is 2.45 bits per heavy atom. The number of benzene rings is 1. The summed E-state index contributed by atoms with van der Waals surface area (Å²) >= 11 is 0. The molecule has 2 heterocycles. The molecule has 0 fully saturated rings. The first-order chi connectivity index (χ1) is 13.8. The summed E-state index contributed by atoms with van der Waals surface area (Å²) in [5, 5.41) is 2.80. The molecule has 0 spiro atoms. The highest BCUT2D eigenvalue weighted by molar-refractivity contribution is 5.95. The van der Waals surface area contributed by atoms with Gasteiger partial charge in [-0.1, -0.05) is 12.1 Å². The lowest BCUT2D eigenvalue weighted by Crippen LogP contribution is -2.39. The topological polar surface area (TPSA) is 87.3 Å². The Morgan fingerprint density at radius 2 is 1.76 bits per heavy atom. The number of nitrogens with zero attached hydrogens (tertiary/aromatic N) is 3. The molecular formula is C21H24N4O4. The van der Waals surface area contributed by atoms with Crippen LogP contribution in [-0.4, -0.2) is 26.7 Å². The van der Waals surface area contributed by atoms with E-state index in [9.17, 15) is 14.4 Å². The highest BCUT2D eigenvalue weighted by Gasteiger charge is 2.18. The summed E-state index contributed by atoms with van der Waals surface area (Å²) < 4.78 is 9.77. The zero-order valence-electron chi connectivity index (χ0n) is 17.1. The van der Waals surface area contributed by atoms with Crippen LogP contribution in [0.1, 0.15) is 27.4 Å². The van der Waals surface area contributed by atoms with E-state index < -0.39 is 11.2 Å². The molecule has 1 aromatic carbocycles. The highest BCUT2D eigenvalue weighted by Crippen LogP contribution is 2.27. The lowest BCUT2D eigenvalue weighted by molar-refractivity contribution is 0.0949. The summed E-state index contributed by atoms with van der Waals surface area (Å²) in [5.74, 6) is 0.420. The van der Waals surface area contributed by atoms with Crippen LogP contribution in [0.2, 0.25) is 0 Å². The number of ether oxygens (including phenoxy) is 1. The van der Waals surface area contributed by atoms with Gasteiger partial charge in [-0.05, 0) is 32.0 Å². The minimum atomic E-state index is -0.434. The minimum Gasteiger partial charge on any atom is -0.495 e. The molecule has 0 unspecified atom stereocenters. The maximum Gasteiger partial charge on any atom is 0.330 e. The molecule has 0 atom stereocenters. The number of hydrogen-bond acceptors (Lipinski definition) is 4. The Kier molecular flexibility index (Phi) is 5.45. The van der Waals surface area contributed by atoms with Gasteiger partial charge in [-0.25, -0.2) is 4.79 Å². The fraction of sp³-hybridized carbons (Fsp3) is 0.286. The van der Waals surface area contributed by atoms with Crippen molar-refractivity contribution in [2.75, 3.05) is 7.11 Å². The number of amides is 1. The quantitative estimate of drug-likeness (QED) is 0.707. The fourth-order valence-electron chi connectivity index (χ4n) is 3.39. The van der Waals surface area contributed by atoms with Gasteiger partial charge in [0.2, 0.25) is 0 Å². The number of methoxy groups -OCH3 is 1. The SMILES string of the molecule is COc1ccccc1-n1c(C)cc(C(=O)NCc2cc(=O)n(C)c(=O)n2C)c1C. The van der Waals surface area contributed by atoms with Crippen LogP contribution < -0.4 is 21.3 Å². The van der Waals surface area contributed by atoms with Crippen LogP contribution in [-0.2, 0) is 20.6 Å². The van der Waals surface area contributed by atoms with Gasteiger partial charge in [-0.15, -0.1) is 0 Å². The van der Waals surface area contributed by atoms with Gasteiger partial charge < -0.3 is 14.6 Å². The number of carbonyl (C=O) groups is 1. The summed E-state index contributed by atoms with van der Waals surface area (Å²) in [6.07, 6.45) is 0. The summed E-state index contributed by atoms with van der Waals surface area (Å²) in [4.78, 5) is 36.7. The Bertz CT molecular complexity index is 1200. The second kappa shape index (κ2) is 7.83. The zero-order valence-corrected chi connectivity index (χ0v) is 17.1. The molecule has 0 radical (unpaired) electrons. The molecular weight excluding hydrogens is 372 g/mol. The van der Waals surface area contributed by atoms with Gasteiger partial charge in [-0.2, -0.15) is 0 Å². The van der Waals surface area contributed by atoms with E-state index in [1.54, 1.807) is 20.2 Å². The van der Waals surface area contributed by atoms with E-state index in [4.69, 9.17) is 4.74 Å². The summed E-state index contributed by atoms with van der Waals surface area (Å²) in [6.45, 7) is 3.85. The van der Waals surface area contributed by atoms with E-state index in [0.29, 0.717) is 17.0 Å². The van der Waals surface area contributed by atoms with E-state index in [2.05, 4.69) is 5.32 Å². The Labute approximate surface area is 168 Å². The van der Waals surface area contributed by atoms with Crippen LogP contribution in [0, 0.1) is 13.8 Å². The number of aromatic nitrogens is 3. The first kappa shape index (κ1) is 20.2. The van der Waals surface area contributed by atoms with Gasteiger partial charge in [0.15, 0.2) is 0 Å². The van der Waals surface area contributed by atoms with E-state index in [1.807, 2.05) is 42.7 Å². The normalized spacial score (nSPS) is 10.8. The second-order valence-corrected chi connectivity index (χ2v) is 6.85. The van der Waals surface area contributed by atoms with Crippen LogP contribution in [0.5, 0.6) is 5.75 Å². The van der Waals surface area contributed by atoms with Crippen LogP contribution in [0.15, 0.2) is 46.0 Å². The molecule has 0 aliphatic carbocycles. The molecule has 8 nitrogen and oxygen atoms in total. The van der Waals surface area contributed by atoms with Crippen molar-refractivity contribution in [2.45, 2.75) is 20.4 Å². The third-order valence-electron chi connectivity index (χ3n) is 5.06. The average molecular weight is 396 g/mol. The molecule has 0 aliphatic rings. The molecule has 3 aromatic rings. The molecule has 0 saturated carbocycles. The Balaban J connectivity index is 1.90. The van der Waals surface area contributed by atoms with Crippen molar-refractivity contribution in [1.82, 2.24) is 19.0 Å². The number of nitrogens with one attached hydrogen (secondary N) is 1. The maximum atomic E-state index is 12.8. The standard InChI is InChI=1S/C21H24N4O4/c1-13-10-16(14(2)25(13)17-8-6-7-9-18(17)29-5)20(27)22-12-15-11-19(26)24(4)21(28)23(15)3/h6-11H,12H2,1-5H3,(H,22,27). The molecule has 8 heteroatoms. The molecule has 152 valence electrons. The molecule has 1 amide bonds. The maximum absolute atomic E-state index is 12.8. The van der Waals surface area contributed by atoms with Gasteiger partial charge in [0, 0.05) is 37.2 Å². The van der Waals surface area contributed by atoms with Crippen LogP contribution in [0.4, 0.5) is 0 Å². The Morgan fingerprint density at radius 1 is 1.07 bits per heavy atom. The number of hydrogen-bond donors (Lipinski definition) is 1. The van der Waals surface area contributed by atoms with Gasteiger partial charge in [0.05, 0.1) is 24.9 Å². The van der Waals surface area contributed by atoms with Crippen molar-refractivity contribution in [3.8, 4) is 11.4 Å². The van der Waals surface area contributed by atoms with Crippen molar-refractivity contribution in [1.29, 1.82) is 0 Å². The lowest BCUT2D eigenvalue weighted by atomic mass is 10.2. The fourth-order valence-corrected chi connectivity index (χ4v) is 3.39. The monoisotopic (exact) mass is 396 g/mol. The second-order valence-electron chi connectivity index (χ2n) is 6.85. The predicted molar refractivity (Wildman–Crippen MR) is 110 cm³/mol. The van der Waals surface area contributed by atoms with Crippen LogP contribution in [0.25, 0.3) is 5.69 Å². The van der Waals surface area contributed by atoms with Gasteiger partial charge in [-0.3, -0.25) is 18.7 Å². The van der Waals surface area contributed by atoms with Crippen molar-refractivity contribution in [2.24, 2.45) is 14.1 Å². The minimum absolute atomic E-state index is 0.0684. The Hall–Kier alpha value is -3.55.